The van der Waals surface area contributed by atoms with E-state index in [-0.39, 0.29) is 18.8 Å². The molecule has 0 rings (SSSR count). The van der Waals surface area contributed by atoms with Crippen molar-refractivity contribution in [3.05, 3.63) is 0 Å². The minimum absolute atomic E-state index is 0.0414. The molecule has 0 atom stereocenters. The first-order chi connectivity index (χ1) is 7.41. The van der Waals surface area contributed by atoms with Crippen LogP contribution in [-0.4, -0.2) is 56.3 Å². The molecule has 0 aliphatic carbocycles. The molecular formula is C9H20N2O4S. The lowest BCUT2D eigenvalue weighted by atomic mass is 10.4. The summed E-state index contributed by atoms with van der Waals surface area (Å²) < 4.78 is 24.6. The van der Waals surface area contributed by atoms with Gasteiger partial charge < -0.3 is 5.11 Å². The van der Waals surface area contributed by atoms with E-state index in [9.17, 15) is 13.2 Å². The van der Waals surface area contributed by atoms with Gasteiger partial charge >= 0.3 is 5.97 Å². The second-order valence-electron chi connectivity index (χ2n) is 3.47. The maximum atomic E-state index is 11.1. The predicted octanol–water partition coefficient (Wildman–Crippen LogP) is -0.278. The van der Waals surface area contributed by atoms with Gasteiger partial charge in [0.1, 0.15) is 0 Å². The van der Waals surface area contributed by atoms with Gasteiger partial charge in [-0.2, -0.15) is 0 Å². The van der Waals surface area contributed by atoms with Crippen molar-refractivity contribution in [3.63, 3.8) is 0 Å². The third-order valence-corrected chi connectivity index (χ3v) is 3.43. The fraction of sp³-hybridized carbons (Fsp3) is 0.889. The van der Waals surface area contributed by atoms with Gasteiger partial charge in [0.2, 0.25) is 10.0 Å². The Morgan fingerprint density at radius 1 is 1.31 bits per heavy atom. The zero-order valence-corrected chi connectivity index (χ0v) is 10.6. The Balaban J connectivity index is 3.97. The van der Waals surface area contributed by atoms with Crippen LogP contribution in [0.15, 0.2) is 0 Å². The SMILES string of the molecule is CCCN(CCNS(=O)(=O)CC)CC(=O)O. The molecule has 0 bridgehead atoms. The van der Waals surface area contributed by atoms with Crippen LogP contribution in [0.1, 0.15) is 20.3 Å². The number of carboxylic acid groups (broad SMARTS) is 1. The Labute approximate surface area is 96.7 Å². The lowest BCUT2D eigenvalue weighted by Crippen LogP contribution is -2.38. The van der Waals surface area contributed by atoms with Crippen molar-refractivity contribution in [2.75, 3.05) is 31.9 Å². The van der Waals surface area contributed by atoms with Gasteiger partial charge in [-0.05, 0) is 19.9 Å². The van der Waals surface area contributed by atoms with Gasteiger partial charge in [-0.25, -0.2) is 13.1 Å². The first kappa shape index (κ1) is 15.3. The molecule has 0 saturated heterocycles. The van der Waals surface area contributed by atoms with E-state index in [0.29, 0.717) is 13.1 Å². The second kappa shape index (κ2) is 7.59. The van der Waals surface area contributed by atoms with E-state index in [1.54, 1.807) is 11.8 Å². The van der Waals surface area contributed by atoms with Crippen molar-refractivity contribution in [2.24, 2.45) is 0 Å². The highest BCUT2D eigenvalue weighted by Crippen LogP contribution is 1.91. The average Bonchev–Trinajstić information content (AvgIpc) is 2.17. The molecule has 7 heteroatoms. The maximum Gasteiger partial charge on any atom is 0.317 e. The molecule has 0 aromatic rings. The Bertz CT molecular complexity index is 303. The van der Waals surface area contributed by atoms with E-state index in [0.717, 1.165) is 6.42 Å². The fourth-order valence-corrected chi connectivity index (χ4v) is 1.85. The highest BCUT2D eigenvalue weighted by molar-refractivity contribution is 7.89. The molecule has 96 valence electrons. The van der Waals surface area contributed by atoms with Gasteiger partial charge in [-0.15, -0.1) is 0 Å². The molecule has 0 saturated carbocycles. The quantitative estimate of drug-likeness (QED) is 0.589. The van der Waals surface area contributed by atoms with Crippen molar-refractivity contribution in [2.45, 2.75) is 20.3 Å². The smallest absolute Gasteiger partial charge is 0.317 e. The molecule has 0 aromatic heterocycles. The van der Waals surface area contributed by atoms with Gasteiger partial charge in [-0.3, -0.25) is 9.69 Å². The summed E-state index contributed by atoms with van der Waals surface area (Å²) in [6, 6.07) is 0. The number of aliphatic carboxylic acids is 1. The molecule has 0 radical (unpaired) electrons. The lowest BCUT2D eigenvalue weighted by molar-refractivity contribution is -0.138. The number of carbonyl (C=O) groups is 1. The molecule has 0 aromatic carbocycles. The molecule has 16 heavy (non-hydrogen) atoms. The molecular weight excluding hydrogens is 232 g/mol. The van der Waals surface area contributed by atoms with Crippen LogP contribution in [0.5, 0.6) is 0 Å². The van der Waals surface area contributed by atoms with Crippen LogP contribution >= 0.6 is 0 Å². The Morgan fingerprint density at radius 3 is 2.38 bits per heavy atom. The molecule has 2 N–H and O–H groups in total. The Morgan fingerprint density at radius 2 is 1.94 bits per heavy atom. The van der Waals surface area contributed by atoms with Crippen molar-refractivity contribution in [1.82, 2.24) is 9.62 Å². The lowest BCUT2D eigenvalue weighted by Gasteiger charge is -2.19. The summed E-state index contributed by atoms with van der Waals surface area (Å²) in [5.74, 6) is -0.855. The Kier molecular flexibility index (Phi) is 7.27. The standard InChI is InChI=1S/C9H20N2O4S/c1-3-6-11(8-9(12)13)7-5-10-16(14,15)4-2/h10H,3-8H2,1-2H3,(H,12,13). The maximum absolute atomic E-state index is 11.1. The normalized spacial score (nSPS) is 11.9. The van der Waals surface area contributed by atoms with Gasteiger partial charge in [0.15, 0.2) is 0 Å². The van der Waals surface area contributed by atoms with Crippen LogP contribution in [0.25, 0.3) is 0 Å². The summed E-state index contributed by atoms with van der Waals surface area (Å²) >= 11 is 0. The van der Waals surface area contributed by atoms with E-state index >= 15 is 0 Å². The molecule has 0 heterocycles. The number of nitrogens with one attached hydrogen (secondary N) is 1. The number of sulfonamides is 1. The first-order valence-electron chi connectivity index (χ1n) is 5.32. The van der Waals surface area contributed by atoms with Crippen molar-refractivity contribution in [3.8, 4) is 0 Å². The summed E-state index contributed by atoms with van der Waals surface area (Å²) in [6.45, 7) is 4.78. The fourth-order valence-electron chi connectivity index (χ4n) is 1.24. The van der Waals surface area contributed by atoms with Crippen LogP contribution in [0, 0.1) is 0 Å². The third kappa shape index (κ3) is 7.61. The zero-order valence-electron chi connectivity index (χ0n) is 9.77. The van der Waals surface area contributed by atoms with E-state index in [1.807, 2.05) is 6.92 Å². The van der Waals surface area contributed by atoms with Crippen molar-refractivity contribution < 1.29 is 18.3 Å². The minimum atomic E-state index is -3.18. The molecule has 6 nitrogen and oxygen atoms in total. The highest BCUT2D eigenvalue weighted by Gasteiger charge is 2.10. The van der Waals surface area contributed by atoms with Crippen molar-refractivity contribution >= 4 is 16.0 Å². The van der Waals surface area contributed by atoms with Gasteiger partial charge in [0.05, 0.1) is 12.3 Å². The molecule has 0 spiro atoms. The molecule has 0 fully saturated rings. The number of hydrogen-bond donors (Lipinski definition) is 2. The topological polar surface area (TPSA) is 86.7 Å². The predicted molar refractivity (Wildman–Crippen MR) is 61.8 cm³/mol. The van der Waals surface area contributed by atoms with E-state index < -0.39 is 16.0 Å². The van der Waals surface area contributed by atoms with Crippen LogP contribution in [-0.2, 0) is 14.8 Å². The van der Waals surface area contributed by atoms with Crippen LogP contribution in [0.2, 0.25) is 0 Å². The number of rotatable bonds is 9. The number of carboxylic acids is 1. The largest absolute Gasteiger partial charge is 0.480 e. The van der Waals surface area contributed by atoms with Gasteiger partial charge in [0.25, 0.3) is 0 Å². The van der Waals surface area contributed by atoms with Gasteiger partial charge in [0, 0.05) is 13.1 Å². The summed E-state index contributed by atoms with van der Waals surface area (Å²) in [5, 5.41) is 8.64. The molecule has 0 amide bonds. The first-order valence-corrected chi connectivity index (χ1v) is 6.98. The minimum Gasteiger partial charge on any atom is -0.480 e. The summed E-state index contributed by atoms with van der Waals surface area (Å²) in [4.78, 5) is 12.2. The zero-order chi connectivity index (χ0) is 12.6. The monoisotopic (exact) mass is 252 g/mol. The van der Waals surface area contributed by atoms with E-state index in [1.165, 1.54) is 0 Å². The van der Waals surface area contributed by atoms with E-state index in [2.05, 4.69) is 4.72 Å². The number of hydrogen-bond acceptors (Lipinski definition) is 4. The van der Waals surface area contributed by atoms with Gasteiger partial charge in [-0.1, -0.05) is 6.92 Å². The third-order valence-electron chi connectivity index (χ3n) is 2.03. The molecule has 0 aliphatic rings. The van der Waals surface area contributed by atoms with Crippen LogP contribution in [0.3, 0.4) is 0 Å². The molecule has 0 unspecified atom stereocenters. The summed E-state index contributed by atoms with van der Waals surface area (Å²) in [7, 11) is -3.18. The van der Waals surface area contributed by atoms with E-state index in [4.69, 9.17) is 5.11 Å². The highest BCUT2D eigenvalue weighted by atomic mass is 32.2. The number of nitrogens with zero attached hydrogens (tertiary/aromatic N) is 1. The van der Waals surface area contributed by atoms with Crippen LogP contribution in [0.4, 0.5) is 0 Å². The average molecular weight is 252 g/mol. The summed E-state index contributed by atoms with van der Waals surface area (Å²) in [5.41, 5.74) is 0. The van der Waals surface area contributed by atoms with Crippen molar-refractivity contribution in [1.29, 1.82) is 0 Å². The molecule has 0 aliphatic heterocycles. The summed E-state index contributed by atoms with van der Waals surface area (Å²) in [6.07, 6.45) is 0.841. The second-order valence-corrected chi connectivity index (χ2v) is 5.56. The Hall–Kier alpha value is -0.660. The van der Waals surface area contributed by atoms with Crippen LogP contribution < -0.4 is 4.72 Å².